The summed E-state index contributed by atoms with van der Waals surface area (Å²) in [7, 11) is 0. The Morgan fingerprint density at radius 3 is 2.50 bits per heavy atom. The molecule has 4 N–H and O–H groups in total. The van der Waals surface area contributed by atoms with Gasteiger partial charge in [0.05, 0.1) is 10.8 Å². The summed E-state index contributed by atoms with van der Waals surface area (Å²) < 4.78 is 0. The molecule has 1 aliphatic heterocycles. The smallest absolute Gasteiger partial charge is 0.227 e. The largest absolute Gasteiger partial charge is 0.369 e. The van der Waals surface area contributed by atoms with Gasteiger partial charge in [0.2, 0.25) is 11.8 Å². The Kier molecular flexibility index (Phi) is 5.38. The molecule has 0 aromatic rings. The normalized spacial score (nSPS) is 32.8. The highest BCUT2D eigenvalue weighted by atomic mass is 35.5. The number of amides is 2. The topological polar surface area (TPSA) is 84.2 Å². The van der Waals surface area contributed by atoms with Crippen molar-refractivity contribution >= 4 is 24.2 Å². The van der Waals surface area contributed by atoms with Gasteiger partial charge in [-0.25, -0.2) is 0 Å². The van der Waals surface area contributed by atoms with Crippen molar-refractivity contribution in [2.75, 3.05) is 19.6 Å². The Morgan fingerprint density at radius 2 is 1.82 bits per heavy atom. The van der Waals surface area contributed by atoms with Crippen molar-refractivity contribution in [1.82, 2.24) is 10.6 Å². The Morgan fingerprint density at radius 1 is 1.14 bits per heavy atom. The van der Waals surface area contributed by atoms with Gasteiger partial charge in [0, 0.05) is 13.1 Å². The van der Waals surface area contributed by atoms with Crippen LogP contribution >= 0.6 is 12.4 Å². The molecule has 0 unspecified atom stereocenters. The maximum absolute atomic E-state index is 12.8. The number of hydrogen-bond acceptors (Lipinski definition) is 3. The average Bonchev–Trinajstić information content (AvgIpc) is 3.12. The Balaban J connectivity index is 0.00000176. The first-order chi connectivity index (χ1) is 10.1. The van der Waals surface area contributed by atoms with Crippen LogP contribution in [-0.2, 0) is 9.59 Å². The molecule has 0 aromatic heterocycles. The monoisotopic (exact) mass is 329 g/mol. The first-order valence-electron chi connectivity index (χ1n) is 8.38. The molecule has 3 fully saturated rings. The number of nitrogens with two attached hydrogens (primary N) is 1. The van der Waals surface area contributed by atoms with Crippen LogP contribution in [0, 0.1) is 16.7 Å². The lowest BCUT2D eigenvalue weighted by molar-refractivity contribution is -0.135. The number of hydrogen-bond donors (Lipinski definition) is 3. The number of primary amides is 1. The fourth-order valence-electron chi connectivity index (χ4n) is 4.68. The lowest BCUT2D eigenvalue weighted by Crippen LogP contribution is -2.52. The summed E-state index contributed by atoms with van der Waals surface area (Å²) in [6.07, 6.45) is 8.18. The molecule has 6 heteroatoms. The van der Waals surface area contributed by atoms with Crippen LogP contribution in [0.4, 0.5) is 0 Å². The Hall–Kier alpha value is -0.810. The quantitative estimate of drug-likeness (QED) is 0.728. The molecule has 2 saturated carbocycles. The third kappa shape index (κ3) is 2.85. The summed E-state index contributed by atoms with van der Waals surface area (Å²) in [5.41, 5.74) is 4.86. The molecule has 3 rings (SSSR count). The predicted octanol–water partition coefficient (Wildman–Crippen LogP) is 1.35. The van der Waals surface area contributed by atoms with E-state index in [2.05, 4.69) is 10.6 Å². The summed E-state index contributed by atoms with van der Waals surface area (Å²) in [4.78, 5) is 24.6. The molecule has 5 nitrogen and oxygen atoms in total. The van der Waals surface area contributed by atoms with Crippen molar-refractivity contribution < 1.29 is 9.59 Å². The molecular formula is C16H28ClN3O2. The van der Waals surface area contributed by atoms with Gasteiger partial charge in [-0.05, 0) is 38.1 Å². The van der Waals surface area contributed by atoms with Crippen LogP contribution < -0.4 is 16.4 Å². The van der Waals surface area contributed by atoms with E-state index in [4.69, 9.17) is 5.73 Å². The Labute approximate surface area is 138 Å². The van der Waals surface area contributed by atoms with E-state index in [1.54, 1.807) is 0 Å². The van der Waals surface area contributed by atoms with Gasteiger partial charge in [-0.2, -0.15) is 0 Å². The van der Waals surface area contributed by atoms with Crippen molar-refractivity contribution in [1.29, 1.82) is 0 Å². The number of halogens is 1. The summed E-state index contributed by atoms with van der Waals surface area (Å²) >= 11 is 0. The minimum Gasteiger partial charge on any atom is -0.369 e. The fraction of sp³-hybridized carbons (Fsp3) is 0.875. The third-order valence-corrected chi connectivity index (χ3v) is 6.16. The maximum atomic E-state index is 12.8. The average molecular weight is 330 g/mol. The zero-order chi connectivity index (χ0) is 14.9. The molecule has 1 heterocycles. The summed E-state index contributed by atoms with van der Waals surface area (Å²) in [6, 6.07) is 0. The second kappa shape index (κ2) is 6.75. The summed E-state index contributed by atoms with van der Waals surface area (Å²) in [5.74, 6) is 0.353. The van der Waals surface area contributed by atoms with Crippen LogP contribution in [0.3, 0.4) is 0 Å². The second-order valence-electron chi connectivity index (χ2n) is 7.26. The SMILES string of the molecule is Cl.NC(=O)C1(CNC(=O)[C@@]23CCCC[C@H]2CNC3)CCCC1. The van der Waals surface area contributed by atoms with Gasteiger partial charge in [0.15, 0.2) is 0 Å². The first kappa shape index (κ1) is 17.5. The van der Waals surface area contributed by atoms with Gasteiger partial charge in [-0.3, -0.25) is 9.59 Å². The lowest BCUT2D eigenvalue weighted by atomic mass is 9.67. The molecule has 0 aromatic carbocycles. The fourth-order valence-corrected chi connectivity index (χ4v) is 4.68. The molecule has 0 spiro atoms. The number of carbonyl (C=O) groups excluding carboxylic acids is 2. The number of nitrogens with one attached hydrogen (secondary N) is 2. The molecule has 3 aliphatic rings. The van der Waals surface area contributed by atoms with Crippen LogP contribution in [0.5, 0.6) is 0 Å². The molecular weight excluding hydrogens is 302 g/mol. The van der Waals surface area contributed by atoms with Gasteiger partial charge in [-0.15, -0.1) is 12.4 Å². The van der Waals surface area contributed by atoms with Gasteiger partial charge < -0.3 is 16.4 Å². The third-order valence-electron chi connectivity index (χ3n) is 6.16. The minimum atomic E-state index is -0.498. The van der Waals surface area contributed by atoms with E-state index in [1.165, 1.54) is 6.42 Å². The van der Waals surface area contributed by atoms with E-state index in [0.717, 1.165) is 58.0 Å². The second-order valence-corrected chi connectivity index (χ2v) is 7.26. The molecule has 2 atom stereocenters. The number of fused-ring (bicyclic) bond motifs is 1. The number of carbonyl (C=O) groups is 2. The molecule has 0 radical (unpaired) electrons. The molecule has 2 aliphatic carbocycles. The zero-order valence-corrected chi connectivity index (χ0v) is 14.0. The van der Waals surface area contributed by atoms with Crippen molar-refractivity contribution in [3.8, 4) is 0 Å². The van der Waals surface area contributed by atoms with Crippen molar-refractivity contribution in [2.45, 2.75) is 51.4 Å². The summed E-state index contributed by atoms with van der Waals surface area (Å²) in [5, 5.41) is 6.49. The molecule has 2 amide bonds. The van der Waals surface area contributed by atoms with Gasteiger partial charge in [0.25, 0.3) is 0 Å². The van der Waals surface area contributed by atoms with E-state index in [1.807, 2.05) is 0 Å². The minimum absolute atomic E-state index is 0. The predicted molar refractivity (Wildman–Crippen MR) is 87.6 cm³/mol. The summed E-state index contributed by atoms with van der Waals surface area (Å²) in [6.45, 7) is 2.16. The van der Waals surface area contributed by atoms with E-state index >= 15 is 0 Å². The van der Waals surface area contributed by atoms with Gasteiger partial charge >= 0.3 is 0 Å². The zero-order valence-electron chi connectivity index (χ0n) is 13.2. The standard InChI is InChI=1S/C16H27N3O2.ClH/c17-13(20)15(6-3-4-7-15)10-19-14(21)16-8-2-1-5-12(16)9-18-11-16;/h12,18H,1-11H2,(H2,17,20)(H,19,21);1H/t12-,16+;/m0./s1. The van der Waals surface area contributed by atoms with E-state index in [0.29, 0.717) is 12.5 Å². The van der Waals surface area contributed by atoms with Crippen LogP contribution in [0.15, 0.2) is 0 Å². The maximum Gasteiger partial charge on any atom is 0.227 e. The van der Waals surface area contributed by atoms with E-state index in [-0.39, 0.29) is 29.6 Å². The van der Waals surface area contributed by atoms with E-state index < -0.39 is 5.41 Å². The molecule has 1 saturated heterocycles. The highest BCUT2D eigenvalue weighted by Crippen LogP contribution is 2.44. The molecule has 22 heavy (non-hydrogen) atoms. The van der Waals surface area contributed by atoms with Crippen LogP contribution in [0.1, 0.15) is 51.4 Å². The van der Waals surface area contributed by atoms with E-state index in [9.17, 15) is 9.59 Å². The van der Waals surface area contributed by atoms with Gasteiger partial charge in [0.1, 0.15) is 0 Å². The highest BCUT2D eigenvalue weighted by molar-refractivity contribution is 5.86. The highest BCUT2D eigenvalue weighted by Gasteiger charge is 2.50. The molecule has 0 bridgehead atoms. The Bertz CT molecular complexity index is 437. The van der Waals surface area contributed by atoms with Crippen LogP contribution in [0.2, 0.25) is 0 Å². The van der Waals surface area contributed by atoms with Gasteiger partial charge in [-0.1, -0.05) is 25.7 Å². The van der Waals surface area contributed by atoms with Crippen LogP contribution in [-0.4, -0.2) is 31.4 Å². The van der Waals surface area contributed by atoms with Crippen molar-refractivity contribution in [3.05, 3.63) is 0 Å². The lowest BCUT2D eigenvalue weighted by Gasteiger charge is -2.38. The van der Waals surface area contributed by atoms with Crippen molar-refractivity contribution in [2.24, 2.45) is 22.5 Å². The first-order valence-corrected chi connectivity index (χ1v) is 8.38. The van der Waals surface area contributed by atoms with Crippen LogP contribution in [0.25, 0.3) is 0 Å². The van der Waals surface area contributed by atoms with Crippen molar-refractivity contribution in [3.63, 3.8) is 0 Å². The molecule has 126 valence electrons. The number of rotatable bonds is 4.